The molecule has 0 radical (unpaired) electrons. The van der Waals surface area contributed by atoms with Gasteiger partial charge in [0.05, 0.1) is 0 Å². The van der Waals surface area contributed by atoms with Gasteiger partial charge < -0.3 is 9.32 Å². The maximum absolute atomic E-state index is 6.62. The Kier molecular flexibility index (Phi) is 7.27. The first kappa shape index (κ1) is 33.6. The Labute approximate surface area is 342 Å². The van der Waals surface area contributed by atoms with Gasteiger partial charge in [0.15, 0.2) is 5.58 Å². The molecule has 3 heteroatoms. The van der Waals surface area contributed by atoms with Crippen molar-refractivity contribution in [1.29, 1.82) is 0 Å². The van der Waals surface area contributed by atoms with Crippen LogP contribution in [0.15, 0.2) is 199 Å². The lowest BCUT2D eigenvalue weighted by molar-refractivity contribution is 0.623. The minimum atomic E-state index is -0.122. The van der Waals surface area contributed by atoms with Gasteiger partial charge in [-0.1, -0.05) is 147 Å². The first-order chi connectivity index (χ1) is 29.0. The molecule has 0 aliphatic heterocycles. The molecule has 0 N–H and O–H groups in total. The van der Waals surface area contributed by atoms with Gasteiger partial charge in [-0.15, -0.1) is 0 Å². The SMILES string of the molecule is CC1(C)c2ccccc2-c2ccc(N(c3ccc(-c4ccc5ccccc5c4)cc3)c3ccc4c(ccc5ccc6ccc7nc(-c8ccccc8)oc7c6c54)c3)cc21. The van der Waals surface area contributed by atoms with Gasteiger partial charge >= 0.3 is 0 Å². The zero-order valence-corrected chi connectivity index (χ0v) is 32.8. The van der Waals surface area contributed by atoms with Crippen molar-refractivity contribution in [3.63, 3.8) is 0 Å². The van der Waals surface area contributed by atoms with Gasteiger partial charge in [0.1, 0.15) is 5.52 Å². The van der Waals surface area contributed by atoms with Gasteiger partial charge in [-0.25, -0.2) is 4.98 Å². The van der Waals surface area contributed by atoms with Crippen molar-refractivity contribution in [2.45, 2.75) is 19.3 Å². The quantitative estimate of drug-likeness (QED) is 0.164. The molecule has 0 saturated carbocycles. The van der Waals surface area contributed by atoms with Crippen LogP contribution in [-0.2, 0) is 5.41 Å². The van der Waals surface area contributed by atoms with Crippen LogP contribution in [0.1, 0.15) is 25.0 Å². The van der Waals surface area contributed by atoms with Gasteiger partial charge in [-0.2, -0.15) is 0 Å². The van der Waals surface area contributed by atoms with E-state index in [4.69, 9.17) is 9.40 Å². The molecule has 1 aliphatic carbocycles. The van der Waals surface area contributed by atoms with E-state index in [1.54, 1.807) is 0 Å². The Morgan fingerprint density at radius 2 is 1.05 bits per heavy atom. The summed E-state index contributed by atoms with van der Waals surface area (Å²) in [6.07, 6.45) is 0. The number of benzene rings is 10. The number of hydrogen-bond acceptors (Lipinski definition) is 3. The lowest BCUT2D eigenvalue weighted by atomic mass is 9.82. The van der Waals surface area contributed by atoms with E-state index in [0.29, 0.717) is 5.89 Å². The summed E-state index contributed by atoms with van der Waals surface area (Å²) < 4.78 is 6.62. The van der Waals surface area contributed by atoms with Crippen LogP contribution in [0.2, 0.25) is 0 Å². The predicted molar refractivity (Wildman–Crippen MR) is 247 cm³/mol. The van der Waals surface area contributed by atoms with E-state index in [9.17, 15) is 0 Å². The Morgan fingerprint density at radius 3 is 1.90 bits per heavy atom. The van der Waals surface area contributed by atoms with Crippen molar-refractivity contribution >= 4 is 71.3 Å². The maximum atomic E-state index is 6.62. The van der Waals surface area contributed by atoms with E-state index in [1.807, 2.05) is 30.3 Å². The second-order valence-electron chi connectivity index (χ2n) is 16.4. The molecular weight excluding hydrogens is 717 g/mol. The van der Waals surface area contributed by atoms with Crippen LogP contribution in [0.4, 0.5) is 17.1 Å². The van der Waals surface area contributed by atoms with E-state index in [2.05, 4.69) is 183 Å². The Hall–Kier alpha value is -7.49. The molecule has 12 rings (SSSR count). The molecule has 0 bridgehead atoms. The van der Waals surface area contributed by atoms with Crippen molar-refractivity contribution in [2.75, 3.05) is 4.90 Å². The third-order valence-corrected chi connectivity index (χ3v) is 12.6. The van der Waals surface area contributed by atoms with Crippen LogP contribution in [-0.4, -0.2) is 4.98 Å². The smallest absolute Gasteiger partial charge is 0.227 e. The summed E-state index contributed by atoms with van der Waals surface area (Å²) in [4.78, 5) is 7.35. The van der Waals surface area contributed by atoms with E-state index >= 15 is 0 Å². The number of oxazole rings is 1. The van der Waals surface area contributed by atoms with E-state index in [1.165, 1.54) is 60.3 Å². The summed E-state index contributed by atoms with van der Waals surface area (Å²) in [7, 11) is 0. The Bertz CT molecular complexity index is 3470. The van der Waals surface area contributed by atoms with Crippen LogP contribution in [0.3, 0.4) is 0 Å². The largest absolute Gasteiger partial charge is 0.435 e. The molecule has 0 fully saturated rings. The summed E-state index contributed by atoms with van der Waals surface area (Å²) in [6.45, 7) is 4.70. The van der Waals surface area contributed by atoms with Crippen molar-refractivity contribution in [2.24, 2.45) is 0 Å². The van der Waals surface area contributed by atoms with E-state index < -0.39 is 0 Å². The molecular formula is C56H38N2O. The fourth-order valence-corrected chi connectivity index (χ4v) is 9.63. The minimum absolute atomic E-state index is 0.122. The van der Waals surface area contributed by atoms with Crippen molar-refractivity contribution in [3.8, 4) is 33.7 Å². The number of nitrogens with zero attached hydrogens (tertiary/aromatic N) is 2. The number of anilines is 3. The summed E-state index contributed by atoms with van der Waals surface area (Å²) in [6, 6.07) is 70.4. The van der Waals surface area contributed by atoms with E-state index in [-0.39, 0.29) is 5.41 Å². The molecule has 1 aliphatic rings. The number of rotatable bonds is 5. The monoisotopic (exact) mass is 754 g/mol. The van der Waals surface area contributed by atoms with Gasteiger partial charge in [-0.3, -0.25) is 0 Å². The summed E-state index contributed by atoms with van der Waals surface area (Å²) in [5.74, 6) is 0.635. The van der Waals surface area contributed by atoms with Crippen LogP contribution in [0.5, 0.6) is 0 Å². The zero-order chi connectivity index (χ0) is 39.2. The summed E-state index contributed by atoms with van der Waals surface area (Å²) >= 11 is 0. The van der Waals surface area contributed by atoms with Crippen LogP contribution in [0.25, 0.3) is 87.9 Å². The maximum Gasteiger partial charge on any atom is 0.227 e. The fraction of sp³-hybridized carbons (Fsp3) is 0.0536. The second kappa shape index (κ2) is 12.8. The average molecular weight is 755 g/mol. The summed E-state index contributed by atoms with van der Waals surface area (Å²) in [5, 5.41) is 9.41. The molecule has 278 valence electrons. The Morgan fingerprint density at radius 1 is 0.424 bits per heavy atom. The van der Waals surface area contributed by atoms with Crippen LogP contribution in [0, 0.1) is 0 Å². The van der Waals surface area contributed by atoms with Crippen molar-refractivity contribution in [3.05, 3.63) is 205 Å². The third-order valence-electron chi connectivity index (χ3n) is 12.6. The number of hydrogen-bond donors (Lipinski definition) is 0. The topological polar surface area (TPSA) is 29.3 Å². The third kappa shape index (κ3) is 5.25. The molecule has 0 spiro atoms. The highest BCUT2D eigenvalue weighted by Crippen LogP contribution is 2.51. The number of fused-ring (bicyclic) bond motifs is 11. The molecule has 11 aromatic rings. The second-order valence-corrected chi connectivity index (χ2v) is 16.4. The van der Waals surface area contributed by atoms with Crippen LogP contribution < -0.4 is 4.90 Å². The molecule has 59 heavy (non-hydrogen) atoms. The molecule has 10 aromatic carbocycles. The van der Waals surface area contributed by atoms with E-state index in [0.717, 1.165) is 49.9 Å². The first-order valence-corrected chi connectivity index (χ1v) is 20.4. The molecule has 0 saturated heterocycles. The van der Waals surface area contributed by atoms with Gasteiger partial charge in [-0.05, 0) is 126 Å². The van der Waals surface area contributed by atoms with Gasteiger partial charge in [0.25, 0.3) is 0 Å². The highest BCUT2D eigenvalue weighted by Gasteiger charge is 2.35. The highest BCUT2D eigenvalue weighted by molar-refractivity contribution is 6.26. The van der Waals surface area contributed by atoms with Gasteiger partial charge in [0.2, 0.25) is 5.89 Å². The highest BCUT2D eigenvalue weighted by atomic mass is 16.3. The van der Waals surface area contributed by atoms with Gasteiger partial charge in [0, 0.05) is 38.8 Å². The molecule has 0 amide bonds. The zero-order valence-electron chi connectivity index (χ0n) is 32.8. The molecule has 3 nitrogen and oxygen atoms in total. The molecule has 0 atom stereocenters. The lowest BCUT2D eigenvalue weighted by Gasteiger charge is -2.28. The first-order valence-electron chi connectivity index (χ1n) is 20.4. The minimum Gasteiger partial charge on any atom is -0.435 e. The standard InChI is InChI=1S/C56H38N2O/c1-56(2)49-15-9-8-14-47(49)48-30-28-45(34-50(48)56)58(43-25-22-36(23-26-43)41-20-16-35-10-6-7-13-40(35)32-41)44-27-29-46-42(33-44)21-19-37-17-18-38-24-31-51-54(53(38)52(37)46)59-55(57-51)39-11-4-3-5-12-39/h3-34H,1-2H3. The summed E-state index contributed by atoms with van der Waals surface area (Å²) in [5.41, 5.74) is 13.6. The van der Waals surface area contributed by atoms with Crippen molar-refractivity contribution in [1.82, 2.24) is 4.98 Å². The number of aromatic nitrogens is 1. The average Bonchev–Trinajstić information content (AvgIpc) is 3.83. The lowest BCUT2D eigenvalue weighted by Crippen LogP contribution is -2.16. The fourth-order valence-electron chi connectivity index (χ4n) is 9.63. The molecule has 0 unspecified atom stereocenters. The van der Waals surface area contributed by atoms with Crippen molar-refractivity contribution < 1.29 is 4.42 Å². The molecule has 1 heterocycles. The normalized spacial score (nSPS) is 13.1. The van der Waals surface area contributed by atoms with Crippen LogP contribution >= 0.6 is 0 Å². The molecule has 1 aromatic heterocycles. The predicted octanol–water partition coefficient (Wildman–Crippen LogP) is 15.6. The Balaban J connectivity index is 1.03.